The highest BCUT2D eigenvalue weighted by molar-refractivity contribution is 5.02. The zero-order chi connectivity index (χ0) is 9.47. The molecule has 0 radical (unpaired) electrons. The molecule has 13 heavy (non-hydrogen) atoms. The number of rotatable bonds is 3. The molecule has 3 heteroatoms. The van der Waals surface area contributed by atoms with Crippen molar-refractivity contribution in [2.45, 2.75) is 30.8 Å². The quantitative estimate of drug-likeness (QED) is 0.674. The summed E-state index contributed by atoms with van der Waals surface area (Å²) in [6, 6.07) is 0.752. The molecule has 0 aromatic rings. The van der Waals surface area contributed by atoms with Crippen LogP contribution < -0.4 is 5.73 Å². The Balaban J connectivity index is 1.78. The lowest BCUT2D eigenvalue weighted by Crippen LogP contribution is -2.40. The predicted molar refractivity (Wildman–Crippen MR) is 54.7 cm³/mol. The van der Waals surface area contributed by atoms with Crippen molar-refractivity contribution >= 4 is 0 Å². The van der Waals surface area contributed by atoms with E-state index in [-0.39, 0.29) is 5.54 Å². The predicted octanol–water partition coefficient (Wildman–Crippen LogP) is 0.114. The minimum Gasteiger partial charge on any atom is -0.324 e. The van der Waals surface area contributed by atoms with Gasteiger partial charge in [0.1, 0.15) is 0 Å². The largest absolute Gasteiger partial charge is 0.324 e. The van der Waals surface area contributed by atoms with Gasteiger partial charge in [-0.25, -0.2) is 0 Å². The fraction of sp³-hybridized carbons (Fsp3) is 1.00. The van der Waals surface area contributed by atoms with Crippen molar-refractivity contribution in [2.24, 2.45) is 5.73 Å². The van der Waals surface area contributed by atoms with Gasteiger partial charge in [0.15, 0.2) is 0 Å². The molecule has 1 aliphatic heterocycles. The first-order valence-electron chi connectivity index (χ1n) is 5.27. The first-order valence-corrected chi connectivity index (χ1v) is 5.27. The first kappa shape index (κ1) is 9.44. The van der Waals surface area contributed by atoms with Crippen LogP contribution in [0.4, 0.5) is 0 Å². The van der Waals surface area contributed by atoms with Gasteiger partial charge in [-0.3, -0.25) is 4.90 Å². The van der Waals surface area contributed by atoms with Gasteiger partial charge in [0, 0.05) is 24.7 Å². The standard InChI is InChI=1S/C10H21N3/c1-12(2)9-3-6-13(7-9)8-10(11)4-5-10/h9H,3-8,11H2,1-2H3. The van der Waals surface area contributed by atoms with E-state index in [1.54, 1.807) is 0 Å². The molecule has 0 aromatic carbocycles. The van der Waals surface area contributed by atoms with Crippen LogP contribution in [0, 0.1) is 0 Å². The summed E-state index contributed by atoms with van der Waals surface area (Å²) in [5.74, 6) is 0. The Hall–Kier alpha value is -0.120. The zero-order valence-electron chi connectivity index (χ0n) is 8.79. The Kier molecular flexibility index (Phi) is 2.34. The highest BCUT2D eigenvalue weighted by atomic mass is 15.2. The summed E-state index contributed by atoms with van der Waals surface area (Å²) < 4.78 is 0. The second-order valence-corrected chi connectivity index (χ2v) is 5.00. The molecule has 1 atom stereocenters. The van der Waals surface area contributed by atoms with E-state index in [9.17, 15) is 0 Å². The van der Waals surface area contributed by atoms with E-state index in [1.165, 1.54) is 32.4 Å². The maximum Gasteiger partial charge on any atom is 0.0284 e. The van der Waals surface area contributed by atoms with E-state index in [2.05, 4.69) is 23.9 Å². The molecule has 1 saturated carbocycles. The van der Waals surface area contributed by atoms with Crippen LogP contribution in [0.25, 0.3) is 0 Å². The lowest BCUT2D eigenvalue weighted by atomic mass is 10.2. The molecule has 76 valence electrons. The Morgan fingerprint density at radius 3 is 2.62 bits per heavy atom. The highest BCUT2D eigenvalue weighted by Gasteiger charge is 2.41. The fourth-order valence-electron chi connectivity index (χ4n) is 2.14. The number of nitrogens with two attached hydrogens (primary N) is 1. The Morgan fingerprint density at radius 2 is 2.15 bits per heavy atom. The van der Waals surface area contributed by atoms with E-state index in [1.807, 2.05) is 0 Å². The number of nitrogens with zero attached hydrogens (tertiary/aromatic N) is 2. The molecular weight excluding hydrogens is 162 g/mol. The molecule has 2 fully saturated rings. The molecule has 1 aliphatic carbocycles. The van der Waals surface area contributed by atoms with Crippen molar-refractivity contribution < 1.29 is 0 Å². The van der Waals surface area contributed by atoms with E-state index in [4.69, 9.17) is 5.73 Å². The molecule has 1 saturated heterocycles. The molecule has 0 spiro atoms. The molecule has 0 bridgehead atoms. The normalized spacial score (nSPS) is 32.8. The Morgan fingerprint density at radius 1 is 1.46 bits per heavy atom. The number of likely N-dealkylation sites (N-methyl/N-ethyl adjacent to an activating group) is 1. The Labute approximate surface area is 80.9 Å². The van der Waals surface area contributed by atoms with Gasteiger partial charge in [0.25, 0.3) is 0 Å². The zero-order valence-corrected chi connectivity index (χ0v) is 8.79. The van der Waals surface area contributed by atoms with E-state index < -0.39 is 0 Å². The number of likely N-dealkylation sites (tertiary alicyclic amines) is 1. The molecule has 2 rings (SSSR count). The van der Waals surface area contributed by atoms with E-state index >= 15 is 0 Å². The summed E-state index contributed by atoms with van der Waals surface area (Å²) in [6.07, 6.45) is 3.77. The van der Waals surface area contributed by atoms with Gasteiger partial charge in [-0.1, -0.05) is 0 Å². The van der Waals surface area contributed by atoms with E-state index in [0.717, 1.165) is 12.6 Å². The average molecular weight is 183 g/mol. The van der Waals surface area contributed by atoms with Crippen LogP contribution in [-0.4, -0.2) is 55.1 Å². The second kappa shape index (κ2) is 3.23. The second-order valence-electron chi connectivity index (χ2n) is 5.00. The lowest BCUT2D eigenvalue weighted by Gasteiger charge is -2.22. The molecule has 3 nitrogen and oxygen atoms in total. The fourth-order valence-corrected chi connectivity index (χ4v) is 2.14. The number of hydrogen-bond donors (Lipinski definition) is 1. The summed E-state index contributed by atoms with van der Waals surface area (Å²) in [4.78, 5) is 4.85. The van der Waals surface area contributed by atoms with Gasteiger partial charge in [-0.15, -0.1) is 0 Å². The third kappa shape index (κ3) is 2.22. The summed E-state index contributed by atoms with van der Waals surface area (Å²) in [7, 11) is 4.34. The molecule has 1 unspecified atom stereocenters. The first-order chi connectivity index (χ1) is 6.09. The van der Waals surface area contributed by atoms with Crippen LogP contribution in [0.5, 0.6) is 0 Å². The van der Waals surface area contributed by atoms with Crippen LogP contribution in [0.2, 0.25) is 0 Å². The van der Waals surface area contributed by atoms with Crippen molar-refractivity contribution in [1.29, 1.82) is 0 Å². The smallest absolute Gasteiger partial charge is 0.0284 e. The van der Waals surface area contributed by atoms with Gasteiger partial charge >= 0.3 is 0 Å². The maximum atomic E-state index is 6.09. The summed E-state index contributed by atoms with van der Waals surface area (Å²) in [6.45, 7) is 3.57. The Bertz CT molecular complexity index is 187. The van der Waals surface area contributed by atoms with Crippen LogP contribution in [-0.2, 0) is 0 Å². The van der Waals surface area contributed by atoms with Crippen molar-refractivity contribution in [3.05, 3.63) is 0 Å². The monoisotopic (exact) mass is 183 g/mol. The van der Waals surface area contributed by atoms with Crippen molar-refractivity contribution in [3.63, 3.8) is 0 Å². The molecule has 0 amide bonds. The molecule has 2 aliphatic rings. The lowest BCUT2D eigenvalue weighted by molar-refractivity contribution is 0.256. The van der Waals surface area contributed by atoms with Crippen molar-refractivity contribution in [2.75, 3.05) is 33.7 Å². The van der Waals surface area contributed by atoms with Crippen molar-refractivity contribution in [3.8, 4) is 0 Å². The molecule has 0 aromatic heterocycles. The summed E-state index contributed by atoms with van der Waals surface area (Å²) >= 11 is 0. The van der Waals surface area contributed by atoms with Crippen LogP contribution in [0.15, 0.2) is 0 Å². The maximum absolute atomic E-state index is 6.09. The average Bonchev–Trinajstić information content (AvgIpc) is 2.62. The van der Waals surface area contributed by atoms with E-state index in [0.29, 0.717) is 0 Å². The summed E-state index contributed by atoms with van der Waals surface area (Å²) in [5.41, 5.74) is 6.29. The summed E-state index contributed by atoms with van der Waals surface area (Å²) in [5, 5.41) is 0. The van der Waals surface area contributed by atoms with Gasteiger partial charge in [-0.05, 0) is 39.9 Å². The molecule has 1 heterocycles. The topological polar surface area (TPSA) is 32.5 Å². The van der Waals surface area contributed by atoms with Gasteiger partial charge in [0.2, 0.25) is 0 Å². The van der Waals surface area contributed by atoms with Gasteiger partial charge in [0.05, 0.1) is 0 Å². The highest BCUT2D eigenvalue weighted by Crippen LogP contribution is 2.33. The van der Waals surface area contributed by atoms with Crippen LogP contribution >= 0.6 is 0 Å². The van der Waals surface area contributed by atoms with Crippen molar-refractivity contribution in [1.82, 2.24) is 9.80 Å². The van der Waals surface area contributed by atoms with Crippen LogP contribution in [0.3, 0.4) is 0 Å². The molecule has 2 N–H and O–H groups in total. The molecular formula is C10H21N3. The SMILES string of the molecule is CN(C)C1CCN(CC2(N)CC2)C1. The van der Waals surface area contributed by atoms with Crippen LogP contribution in [0.1, 0.15) is 19.3 Å². The minimum absolute atomic E-state index is 0.196. The number of hydrogen-bond acceptors (Lipinski definition) is 3. The third-order valence-corrected chi connectivity index (χ3v) is 3.41. The van der Waals surface area contributed by atoms with Gasteiger partial charge < -0.3 is 10.6 Å². The van der Waals surface area contributed by atoms with Gasteiger partial charge in [-0.2, -0.15) is 0 Å². The third-order valence-electron chi connectivity index (χ3n) is 3.41. The minimum atomic E-state index is 0.196.